The van der Waals surface area contributed by atoms with Crippen molar-refractivity contribution in [1.29, 1.82) is 0 Å². The molecule has 0 fully saturated rings. The first kappa shape index (κ1) is 20.6. The van der Waals surface area contributed by atoms with Crippen molar-refractivity contribution in [3.8, 4) is 0 Å². The fourth-order valence-corrected chi connectivity index (χ4v) is 2.45. The van der Waals surface area contributed by atoms with Crippen molar-refractivity contribution in [2.45, 2.75) is 34.3 Å². The van der Waals surface area contributed by atoms with Crippen molar-refractivity contribution in [3.63, 3.8) is 0 Å². The van der Waals surface area contributed by atoms with Gasteiger partial charge in [-0.1, -0.05) is 0 Å². The molecular formula is C21H24F2N2O2. The third kappa shape index (κ3) is 5.12. The van der Waals surface area contributed by atoms with Gasteiger partial charge in [0, 0.05) is 25.2 Å². The quantitative estimate of drug-likeness (QED) is 0.412. The molecule has 0 atom stereocenters. The summed E-state index contributed by atoms with van der Waals surface area (Å²) in [7, 11) is 1.92. The average molecular weight is 374 g/mol. The molecule has 0 saturated carbocycles. The van der Waals surface area contributed by atoms with Crippen molar-refractivity contribution < 1.29 is 18.3 Å². The van der Waals surface area contributed by atoms with Crippen LogP contribution in [0, 0.1) is 32.4 Å². The Morgan fingerprint density at radius 1 is 1.07 bits per heavy atom. The van der Waals surface area contributed by atoms with Crippen molar-refractivity contribution >= 4 is 18.0 Å². The summed E-state index contributed by atoms with van der Waals surface area (Å²) < 4.78 is 32.4. The van der Waals surface area contributed by atoms with Crippen LogP contribution in [0.15, 0.2) is 29.3 Å². The van der Waals surface area contributed by atoms with Gasteiger partial charge in [-0.05, 0) is 62.6 Å². The second kappa shape index (κ2) is 8.75. The Labute approximate surface area is 158 Å². The fourth-order valence-electron chi connectivity index (χ4n) is 2.45. The maximum absolute atomic E-state index is 13.8. The number of aliphatic imine (C=N–C) groups is 1. The Morgan fingerprint density at radius 2 is 1.78 bits per heavy atom. The van der Waals surface area contributed by atoms with Gasteiger partial charge in [0.05, 0.1) is 17.6 Å². The van der Waals surface area contributed by atoms with E-state index in [1.165, 1.54) is 13.0 Å². The predicted octanol–water partition coefficient (Wildman–Crippen LogP) is 4.86. The summed E-state index contributed by atoms with van der Waals surface area (Å²) in [4.78, 5) is 18.8. The Kier molecular flexibility index (Phi) is 6.66. The van der Waals surface area contributed by atoms with E-state index in [0.717, 1.165) is 23.9 Å². The number of benzene rings is 2. The van der Waals surface area contributed by atoms with Gasteiger partial charge in [-0.15, -0.1) is 0 Å². The molecule has 4 nitrogen and oxygen atoms in total. The summed E-state index contributed by atoms with van der Waals surface area (Å²) in [5.74, 6) is -1.92. The zero-order valence-electron chi connectivity index (χ0n) is 16.3. The van der Waals surface area contributed by atoms with Crippen LogP contribution in [0.1, 0.15) is 39.5 Å². The van der Waals surface area contributed by atoms with Crippen LogP contribution in [-0.4, -0.2) is 30.8 Å². The van der Waals surface area contributed by atoms with E-state index < -0.39 is 17.6 Å². The number of halogens is 2. The van der Waals surface area contributed by atoms with Gasteiger partial charge in [-0.3, -0.25) is 0 Å². The Balaban J connectivity index is 2.16. The normalized spacial score (nSPS) is 11.1. The number of aryl methyl sites for hydroxylation is 3. The molecule has 0 heterocycles. The van der Waals surface area contributed by atoms with Crippen molar-refractivity contribution in [3.05, 3.63) is 63.7 Å². The molecule has 0 aliphatic rings. The van der Waals surface area contributed by atoms with Crippen LogP contribution in [-0.2, 0) is 11.3 Å². The molecule has 0 radical (unpaired) electrons. The first-order valence-corrected chi connectivity index (χ1v) is 8.70. The van der Waals surface area contributed by atoms with Gasteiger partial charge in [0.25, 0.3) is 0 Å². The number of esters is 1. The minimum Gasteiger partial charge on any atom is -0.457 e. The molecule has 0 aromatic heterocycles. The van der Waals surface area contributed by atoms with Crippen molar-refractivity contribution in [1.82, 2.24) is 4.90 Å². The van der Waals surface area contributed by atoms with E-state index >= 15 is 0 Å². The largest absolute Gasteiger partial charge is 0.457 e. The van der Waals surface area contributed by atoms with Crippen LogP contribution in [0.3, 0.4) is 0 Å². The molecule has 2 aromatic rings. The van der Waals surface area contributed by atoms with Gasteiger partial charge < -0.3 is 9.64 Å². The highest BCUT2D eigenvalue weighted by molar-refractivity contribution is 5.92. The number of nitrogens with zero attached hydrogens (tertiary/aromatic N) is 2. The van der Waals surface area contributed by atoms with Gasteiger partial charge in [0.2, 0.25) is 0 Å². The third-order valence-corrected chi connectivity index (χ3v) is 4.34. The Morgan fingerprint density at radius 3 is 2.44 bits per heavy atom. The Hall–Kier alpha value is -2.76. The minimum atomic E-state index is -0.733. The summed E-state index contributed by atoms with van der Waals surface area (Å²) >= 11 is 0. The lowest BCUT2D eigenvalue weighted by atomic mass is 10.0. The minimum absolute atomic E-state index is 0.139. The second-order valence-electron chi connectivity index (χ2n) is 6.54. The summed E-state index contributed by atoms with van der Waals surface area (Å²) in [6.07, 6.45) is 1.74. The van der Waals surface area contributed by atoms with E-state index in [4.69, 9.17) is 4.74 Å². The molecule has 0 bridgehead atoms. The highest BCUT2D eigenvalue weighted by Crippen LogP contribution is 2.24. The summed E-state index contributed by atoms with van der Waals surface area (Å²) in [5.41, 5.74) is 3.15. The molecule has 0 amide bonds. The van der Waals surface area contributed by atoms with E-state index in [2.05, 4.69) is 4.99 Å². The van der Waals surface area contributed by atoms with Crippen LogP contribution in [0.25, 0.3) is 0 Å². The van der Waals surface area contributed by atoms with E-state index in [0.29, 0.717) is 16.7 Å². The molecule has 0 unspecified atom stereocenters. The van der Waals surface area contributed by atoms with E-state index in [-0.39, 0.29) is 12.2 Å². The van der Waals surface area contributed by atoms with Crippen LogP contribution in [0.2, 0.25) is 0 Å². The van der Waals surface area contributed by atoms with Crippen LogP contribution in [0.4, 0.5) is 14.5 Å². The zero-order valence-corrected chi connectivity index (χ0v) is 16.3. The highest BCUT2D eigenvalue weighted by Gasteiger charge is 2.15. The second-order valence-corrected chi connectivity index (χ2v) is 6.54. The molecule has 27 heavy (non-hydrogen) atoms. The molecule has 0 N–H and O–H groups in total. The monoisotopic (exact) mass is 374 g/mol. The van der Waals surface area contributed by atoms with Gasteiger partial charge in [0.1, 0.15) is 18.2 Å². The molecule has 6 heteroatoms. The lowest BCUT2D eigenvalue weighted by molar-refractivity contribution is 0.0468. The molecule has 0 saturated heterocycles. The number of carbonyl (C=O) groups is 1. The average Bonchev–Trinajstić information content (AvgIpc) is 2.63. The maximum Gasteiger partial charge on any atom is 0.338 e. The summed E-state index contributed by atoms with van der Waals surface area (Å²) in [6, 6.07) is 5.67. The highest BCUT2D eigenvalue weighted by atomic mass is 19.1. The third-order valence-electron chi connectivity index (χ3n) is 4.34. The maximum atomic E-state index is 13.8. The predicted molar refractivity (Wildman–Crippen MR) is 103 cm³/mol. The number of carbonyl (C=O) groups excluding carboxylic acids is 1. The standard InChI is InChI=1S/C21H24F2N2O2/c1-6-25(5)12-24-20-9-13(2)17(8-15(20)4)21(26)27-11-16-7-14(3)18(22)10-19(16)23/h7-10,12H,6,11H2,1-5H3/b24-12+. The molecule has 144 valence electrons. The first-order valence-electron chi connectivity index (χ1n) is 8.70. The van der Waals surface area contributed by atoms with E-state index in [1.807, 2.05) is 31.9 Å². The number of hydrogen-bond donors (Lipinski definition) is 0. The Bertz CT molecular complexity index is 879. The van der Waals surface area contributed by atoms with Gasteiger partial charge in [-0.25, -0.2) is 18.6 Å². The molecule has 2 rings (SSSR count). The molecule has 2 aromatic carbocycles. The number of hydrogen-bond acceptors (Lipinski definition) is 3. The summed E-state index contributed by atoms with van der Waals surface area (Å²) in [6.45, 7) is 7.79. The zero-order chi connectivity index (χ0) is 20.1. The SMILES string of the molecule is CCN(C)/C=N/c1cc(C)c(C(=O)OCc2cc(C)c(F)cc2F)cc1C. The van der Waals surface area contributed by atoms with Gasteiger partial charge in [-0.2, -0.15) is 0 Å². The van der Waals surface area contributed by atoms with Crippen molar-refractivity contribution in [2.24, 2.45) is 4.99 Å². The van der Waals surface area contributed by atoms with Gasteiger partial charge in [0.15, 0.2) is 0 Å². The van der Waals surface area contributed by atoms with Crippen LogP contribution < -0.4 is 0 Å². The van der Waals surface area contributed by atoms with Crippen LogP contribution in [0.5, 0.6) is 0 Å². The van der Waals surface area contributed by atoms with Crippen molar-refractivity contribution in [2.75, 3.05) is 13.6 Å². The van der Waals surface area contributed by atoms with E-state index in [9.17, 15) is 13.6 Å². The molecule has 0 spiro atoms. The smallest absolute Gasteiger partial charge is 0.338 e. The molecule has 0 aliphatic carbocycles. The first-order chi connectivity index (χ1) is 12.7. The lowest BCUT2D eigenvalue weighted by Gasteiger charge is -2.12. The lowest BCUT2D eigenvalue weighted by Crippen LogP contribution is -2.14. The number of rotatable bonds is 6. The molecule has 0 aliphatic heterocycles. The van der Waals surface area contributed by atoms with Crippen LogP contribution >= 0.6 is 0 Å². The van der Waals surface area contributed by atoms with Gasteiger partial charge >= 0.3 is 5.97 Å². The fraction of sp³-hybridized carbons (Fsp3) is 0.333. The van der Waals surface area contributed by atoms with E-state index in [1.54, 1.807) is 19.3 Å². The summed E-state index contributed by atoms with van der Waals surface area (Å²) in [5, 5.41) is 0. The topological polar surface area (TPSA) is 41.9 Å². The molecular weight excluding hydrogens is 350 g/mol. The number of ether oxygens (including phenoxy) is 1.